The van der Waals surface area contributed by atoms with E-state index in [1.165, 1.54) is 17.0 Å². The third-order valence-electron chi connectivity index (χ3n) is 4.77. The Labute approximate surface area is 130 Å². The Kier molecular flexibility index (Phi) is 4.47. The van der Waals surface area contributed by atoms with Crippen LogP contribution in [0.4, 0.5) is 0 Å². The Morgan fingerprint density at radius 2 is 1.91 bits per heavy atom. The van der Waals surface area contributed by atoms with Crippen molar-refractivity contribution >= 4 is 10.0 Å². The minimum absolute atomic E-state index is 0.172. The molecule has 1 aromatic heterocycles. The molecule has 1 saturated heterocycles. The molecule has 0 radical (unpaired) electrons. The second-order valence-corrected chi connectivity index (χ2v) is 8.18. The Bertz CT molecular complexity index is 611. The van der Waals surface area contributed by atoms with Crippen molar-refractivity contribution in [1.29, 1.82) is 0 Å². The van der Waals surface area contributed by atoms with Gasteiger partial charge in [-0.3, -0.25) is 0 Å². The third kappa shape index (κ3) is 2.89. The number of sulfonamides is 1. The van der Waals surface area contributed by atoms with Crippen molar-refractivity contribution in [3.63, 3.8) is 0 Å². The fourth-order valence-corrected chi connectivity index (χ4v) is 5.16. The minimum Gasteiger partial charge on any atom is -0.395 e. The van der Waals surface area contributed by atoms with Gasteiger partial charge in [0, 0.05) is 6.04 Å². The summed E-state index contributed by atoms with van der Waals surface area (Å²) in [6.07, 6.45) is 8.08. The fourth-order valence-electron chi connectivity index (χ4n) is 3.78. The molecule has 1 saturated carbocycles. The van der Waals surface area contributed by atoms with Crippen molar-refractivity contribution in [2.45, 2.75) is 63.1 Å². The smallest absolute Gasteiger partial charge is 0.212 e. The largest absolute Gasteiger partial charge is 0.395 e. The van der Waals surface area contributed by atoms with E-state index in [-0.39, 0.29) is 24.7 Å². The van der Waals surface area contributed by atoms with Crippen LogP contribution < -0.4 is 0 Å². The van der Waals surface area contributed by atoms with Gasteiger partial charge >= 0.3 is 0 Å². The van der Waals surface area contributed by atoms with Gasteiger partial charge in [0.15, 0.2) is 5.82 Å². The zero-order valence-corrected chi connectivity index (χ0v) is 13.6. The maximum absolute atomic E-state index is 12.1. The van der Waals surface area contributed by atoms with Crippen molar-refractivity contribution in [3.8, 4) is 0 Å². The molecule has 124 valence electrons. The normalized spacial score (nSPS) is 28.3. The average Bonchev–Trinajstić information content (AvgIpc) is 3.13. The molecule has 2 heterocycles. The van der Waals surface area contributed by atoms with Crippen LogP contribution in [0, 0.1) is 0 Å². The van der Waals surface area contributed by atoms with E-state index in [0.717, 1.165) is 25.7 Å². The van der Waals surface area contributed by atoms with E-state index < -0.39 is 10.0 Å². The predicted molar refractivity (Wildman–Crippen MR) is 79.5 cm³/mol. The molecule has 0 bridgehead atoms. The molecule has 0 aromatic carbocycles. The molecule has 1 aromatic rings. The van der Waals surface area contributed by atoms with E-state index in [2.05, 4.69) is 15.5 Å². The molecule has 1 N–H and O–H groups in total. The molecule has 2 atom stereocenters. The number of aliphatic hydroxyl groups excluding tert-OH is 1. The van der Waals surface area contributed by atoms with Crippen molar-refractivity contribution < 1.29 is 13.5 Å². The van der Waals surface area contributed by atoms with E-state index in [1.807, 2.05) is 4.68 Å². The lowest BCUT2D eigenvalue weighted by Gasteiger charge is -2.28. The van der Waals surface area contributed by atoms with Crippen LogP contribution in [0.2, 0.25) is 0 Å². The van der Waals surface area contributed by atoms with Gasteiger partial charge in [-0.15, -0.1) is 5.10 Å². The molecule has 0 amide bonds. The lowest BCUT2D eigenvalue weighted by Crippen LogP contribution is -2.39. The van der Waals surface area contributed by atoms with Gasteiger partial charge in [-0.2, -0.15) is 4.31 Å². The molecule has 3 rings (SSSR count). The molecule has 0 unspecified atom stereocenters. The number of aliphatic hydroxyl groups is 1. The zero-order chi connectivity index (χ0) is 15.7. The molecule has 2 aliphatic rings. The topological polar surface area (TPSA) is 101 Å². The van der Waals surface area contributed by atoms with E-state index >= 15 is 0 Å². The van der Waals surface area contributed by atoms with Crippen molar-refractivity contribution in [2.75, 3.05) is 12.9 Å². The Morgan fingerprint density at radius 3 is 2.55 bits per heavy atom. The van der Waals surface area contributed by atoms with Crippen molar-refractivity contribution in [2.24, 2.45) is 0 Å². The van der Waals surface area contributed by atoms with Crippen molar-refractivity contribution in [3.05, 3.63) is 5.82 Å². The van der Waals surface area contributed by atoms with Gasteiger partial charge in [0.25, 0.3) is 0 Å². The first-order valence-corrected chi connectivity index (χ1v) is 9.74. The lowest BCUT2D eigenvalue weighted by atomic mass is 9.95. The summed E-state index contributed by atoms with van der Waals surface area (Å²) in [5.74, 6) is 0.619. The van der Waals surface area contributed by atoms with Crippen LogP contribution in [0.25, 0.3) is 0 Å². The molecule has 2 fully saturated rings. The van der Waals surface area contributed by atoms with E-state index in [4.69, 9.17) is 0 Å². The van der Waals surface area contributed by atoms with Gasteiger partial charge in [-0.05, 0) is 36.1 Å². The van der Waals surface area contributed by atoms with Crippen LogP contribution in [-0.2, 0) is 10.0 Å². The number of rotatable bonds is 4. The van der Waals surface area contributed by atoms with Gasteiger partial charge in [0.2, 0.25) is 10.0 Å². The first kappa shape index (κ1) is 15.8. The highest BCUT2D eigenvalue weighted by atomic mass is 32.2. The summed E-state index contributed by atoms with van der Waals surface area (Å²) >= 11 is 0. The van der Waals surface area contributed by atoms with Gasteiger partial charge in [0.05, 0.1) is 24.9 Å². The fraction of sp³-hybridized carbons (Fsp3) is 0.923. The lowest BCUT2D eigenvalue weighted by molar-refractivity contribution is 0.192. The number of nitrogens with zero attached hydrogens (tertiary/aromatic N) is 5. The Morgan fingerprint density at radius 1 is 1.18 bits per heavy atom. The quantitative estimate of drug-likeness (QED) is 0.869. The summed E-state index contributed by atoms with van der Waals surface area (Å²) in [5.41, 5.74) is 0. The SMILES string of the molecule is CS(=O)(=O)N1[C@H](CO)CC[C@@H]1c1nnnn1C1CCCCC1. The summed E-state index contributed by atoms with van der Waals surface area (Å²) in [6.45, 7) is -0.172. The average molecular weight is 329 g/mol. The molecule has 9 heteroatoms. The van der Waals surface area contributed by atoms with Crippen LogP contribution in [0.15, 0.2) is 0 Å². The number of hydrogen-bond donors (Lipinski definition) is 1. The van der Waals surface area contributed by atoms with Gasteiger partial charge < -0.3 is 5.11 Å². The first-order valence-electron chi connectivity index (χ1n) is 7.89. The molecular formula is C13H23N5O3S. The molecule has 1 aliphatic carbocycles. The van der Waals surface area contributed by atoms with E-state index in [0.29, 0.717) is 18.7 Å². The monoisotopic (exact) mass is 329 g/mol. The summed E-state index contributed by atoms with van der Waals surface area (Å²) in [5, 5.41) is 21.5. The Hall–Kier alpha value is -1.06. The molecular weight excluding hydrogens is 306 g/mol. The summed E-state index contributed by atoms with van der Waals surface area (Å²) < 4.78 is 27.5. The minimum atomic E-state index is -3.42. The summed E-state index contributed by atoms with van der Waals surface area (Å²) in [4.78, 5) is 0. The predicted octanol–water partition coefficient (Wildman–Crippen LogP) is 0.636. The maximum atomic E-state index is 12.1. The molecule has 8 nitrogen and oxygen atoms in total. The number of aromatic nitrogens is 4. The van der Waals surface area contributed by atoms with Gasteiger partial charge in [-0.1, -0.05) is 19.3 Å². The molecule has 1 aliphatic heterocycles. The highest BCUT2D eigenvalue weighted by molar-refractivity contribution is 7.88. The van der Waals surface area contributed by atoms with Crippen LogP contribution in [0.1, 0.15) is 62.9 Å². The number of hydrogen-bond acceptors (Lipinski definition) is 6. The summed E-state index contributed by atoms with van der Waals surface area (Å²) in [6, 6.07) is -0.492. The van der Waals surface area contributed by atoms with Gasteiger partial charge in [0.1, 0.15) is 0 Å². The second-order valence-electron chi connectivity index (χ2n) is 6.30. The first-order chi connectivity index (χ1) is 10.5. The highest BCUT2D eigenvalue weighted by Crippen LogP contribution is 2.38. The van der Waals surface area contributed by atoms with Gasteiger partial charge in [-0.25, -0.2) is 13.1 Å². The number of tetrazole rings is 1. The summed E-state index contributed by atoms with van der Waals surface area (Å²) in [7, 11) is -3.42. The molecule has 22 heavy (non-hydrogen) atoms. The second kappa shape index (κ2) is 6.21. The van der Waals surface area contributed by atoms with Crippen LogP contribution in [0.5, 0.6) is 0 Å². The van der Waals surface area contributed by atoms with E-state index in [9.17, 15) is 13.5 Å². The van der Waals surface area contributed by atoms with Crippen LogP contribution in [0.3, 0.4) is 0 Å². The van der Waals surface area contributed by atoms with E-state index in [1.54, 1.807) is 0 Å². The van der Waals surface area contributed by atoms with Crippen LogP contribution in [-0.4, -0.2) is 56.9 Å². The maximum Gasteiger partial charge on any atom is 0.212 e. The zero-order valence-electron chi connectivity index (χ0n) is 12.8. The molecule has 0 spiro atoms. The van der Waals surface area contributed by atoms with Crippen LogP contribution >= 0.6 is 0 Å². The van der Waals surface area contributed by atoms with Crippen molar-refractivity contribution in [1.82, 2.24) is 24.5 Å². The Balaban J connectivity index is 1.92. The highest BCUT2D eigenvalue weighted by Gasteiger charge is 2.43. The third-order valence-corrected chi connectivity index (χ3v) is 6.09. The standard InChI is InChI=1S/C13H23N5O3S/c1-22(20,21)18-11(9-19)7-8-12(18)13-14-15-16-17(13)10-5-3-2-4-6-10/h10-12,19H,2-9H2,1H3/t11-,12+/m0/s1.